The van der Waals surface area contributed by atoms with E-state index in [1.807, 2.05) is 43.3 Å². The van der Waals surface area contributed by atoms with Gasteiger partial charge in [-0.15, -0.1) is 22.7 Å². The highest BCUT2D eigenvalue weighted by molar-refractivity contribution is 9.10. The molecule has 0 unspecified atom stereocenters. The van der Waals surface area contributed by atoms with Crippen molar-refractivity contribution in [3.63, 3.8) is 0 Å². The van der Waals surface area contributed by atoms with Gasteiger partial charge >= 0.3 is 0 Å². The SMILES string of the molecule is Cc1cc(Br)c(C(=O)c2cc3ccccc3s2)s1. The minimum absolute atomic E-state index is 0.112. The van der Waals surface area contributed by atoms with Crippen LogP contribution in [-0.4, -0.2) is 5.78 Å². The molecule has 4 heteroatoms. The van der Waals surface area contributed by atoms with E-state index in [9.17, 15) is 4.79 Å². The van der Waals surface area contributed by atoms with Crippen molar-refractivity contribution < 1.29 is 4.79 Å². The number of carbonyl (C=O) groups excluding carboxylic acids is 1. The molecule has 0 aliphatic rings. The lowest BCUT2D eigenvalue weighted by Crippen LogP contribution is -1.95. The molecule has 18 heavy (non-hydrogen) atoms. The molecule has 2 heterocycles. The zero-order valence-corrected chi connectivity index (χ0v) is 12.8. The van der Waals surface area contributed by atoms with E-state index < -0.39 is 0 Å². The van der Waals surface area contributed by atoms with Gasteiger partial charge in [0.05, 0.1) is 9.75 Å². The molecule has 1 aromatic carbocycles. The summed E-state index contributed by atoms with van der Waals surface area (Å²) in [5, 5.41) is 1.13. The van der Waals surface area contributed by atoms with Crippen LogP contribution >= 0.6 is 38.6 Å². The van der Waals surface area contributed by atoms with E-state index in [0.717, 1.165) is 29.2 Å². The van der Waals surface area contributed by atoms with Crippen molar-refractivity contribution in [3.8, 4) is 0 Å². The summed E-state index contributed by atoms with van der Waals surface area (Å²) < 4.78 is 2.05. The molecule has 3 aromatic rings. The third-order valence-electron chi connectivity index (χ3n) is 2.67. The van der Waals surface area contributed by atoms with Gasteiger partial charge in [0.2, 0.25) is 5.78 Å². The van der Waals surface area contributed by atoms with Gasteiger partial charge < -0.3 is 0 Å². The van der Waals surface area contributed by atoms with Crippen LogP contribution in [0, 0.1) is 6.92 Å². The summed E-state index contributed by atoms with van der Waals surface area (Å²) in [5.41, 5.74) is 0. The summed E-state index contributed by atoms with van der Waals surface area (Å²) in [5.74, 6) is 0.112. The van der Waals surface area contributed by atoms with E-state index in [1.54, 1.807) is 11.3 Å². The average Bonchev–Trinajstić information content (AvgIpc) is 2.91. The number of benzene rings is 1. The molecular formula is C14H9BrOS2. The lowest BCUT2D eigenvalue weighted by Gasteiger charge is -1.93. The molecule has 0 radical (unpaired) electrons. The van der Waals surface area contributed by atoms with Crippen LogP contribution in [0.25, 0.3) is 10.1 Å². The maximum atomic E-state index is 12.4. The monoisotopic (exact) mass is 336 g/mol. The van der Waals surface area contributed by atoms with Crippen molar-refractivity contribution in [2.45, 2.75) is 6.92 Å². The summed E-state index contributed by atoms with van der Waals surface area (Å²) in [6.45, 7) is 2.01. The summed E-state index contributed by atoms with van der Waals surface area (Å²) in [6.07, 6.45) is 0. The quantitative estimate of drug-likeness (QED) is 0.583. The number of aryl methyl sites for hydroxylation is 1. The van der Waals surface area contributed by atoms with Gasteiger partial charge in [-0.05, 0) is 46.4 Å². The molecule has 90 valence electrons. The topological polar surface area (TPSA) is 17.1 Å². The molecule has 2 aromatic heterocycles. The highest BCUT2D eigenvalue weighted by Gasteiger charge is 2.17. The maximum absolute atomic E-state index is 12.4. The number of rotatable bonds is 2. The van der Waals surface area contributed by atoms with Crippen molar-refractivity contribution in [3.05, 3.63) is 55.5 Å². The molecular weight excluding hydrogens is 328 g/mol. The lowest BCUT2D eigenvalue weighted by atomic mass is 10.2. The van der Waals surface area contributed by atoms with Crippen molar-refractivity contribution in [1.82, 2.24) is 0 Å². The fourth-order valence-electron chi connectivity index (χ4n) is 1.84. The summed E-state index contributed by atoms with van der Waals surface area (Å²) in [6, 6.07) is 12.0. The second kappa shape index (κ2) is 4.61. The fourth-order valence-corrected chi connectivity index (χ4v) is 4.69. The van der Waals surface area contributed by atoms with Crippen LogP contribution in [0.5, 0.6) is 0 Å². The van der Waals surface area contributed by atoms with Crippen molar-refractivity contribution in [2.24, 2.45) is 0 Å². The third-order valence-corrected chi connectivity index (χ3v) is 5.72. The van der Waals surface area contributed by atoms with E-state index in [2.05, 4.69) is 15.9 Å². The molecule has 0 N–H and O–H groups in total. The predicted molar refractivity (Wildman–Crippen MR) is 82.0 cm³/mol. The molecule has 0 aliphatic heterocycles. The Labute approximate surface area is 121 Å². The molecule has 0 fully saturated rings. The molecule has 0 bridgehead atoms. The summed E-state index contributed by atoms with van der Waals surface area (Å²) in [4.78, 5) is 15.2. The minimum atomic E-state index is 0.112. The van der Waals surface area contributed by atoms with Crippen LogP contribution in [0.1, 0.15) is 19.4 Å². The number of fused-ring (bicyclic) bond motifs is 1. The van der Waals surface area contributed by atoms with Gasteiger partial charge in [-0.2, -0.15) is 0 Å². The van der Waals surface area contributed by atoms with Crippen LogP contribution < -0.4 is 0 Å². The van der Waals surface area contributed by atoms with E-state index in [4.69, 9.17) is 0 Å². The first-order chi connectivity index (χ1) is 8.65. The van der Waals surface area contributed by atoms with Crippen LogP contribution in [0.4, 0.5) is 0 Å². The Morgan fingerprint density at radius 3 is 2.61 bits per heavy atom. The smallest absolute Gasteiger partial charge is 0.214 e. The van der Waals surface area contributed by atoms with Crippen LogP contribution in [0.15, 0.2) is 40.9 Å². The van der Waals surface area contributed by atoms with Gasteiger partial charge in [-0.1, -0.05) is 18.2 Å². The Morgan fingerprint density at radius 1 is 1.17 bits per heavy atom. The lowest BCUT2D eigenvalue weighted by molar-refractivity contribution is 0.104. The van der Waals surface area contributed by atoms with Gasteiger partial charge in [0.1, 0.15) is 0 Å². The van der Waals surface area contributed by atoms with Gasteiger partial charge in [0, 0.05) is 14.0 Å². The van der Waals surface area contributed by atoms with E-state index in [0.29, 0.717) is 0 Å². The Hall–Kier alpha value is -0.970. The van der Waals surface area contributed by atoms with Crippen molar-refractivity contribution >= 4 is 54.5 Å². The average molecular weight is 337 g/mol. The molecule has 0 atom stereocenters. The second-order valence-electron chi connectivity index (χ2n) is 4.01. The minimum Gasteiger partial charge on any atom is -0.287 e. The van der Waals surface area contributed by atoms with Gasteiger partial charge in [-0.25, -0.2) is 0 Å². The van der Waals surface area contributed by atoms with Crippen LogP contribution in [0.2, 0.25) is 0 Å². The molecule has 0 aliphatic carbocycles. The third kappa shape index (κ3) is 2.05. The second-order valence-corrected chi connectivity index (χ2v) is 7.21. The van der Waals surface area contributed by atoms with Gasteiger partial charge in [0.25, 0.3) is 0 Å². The zero-order valence-electron chi connectivity index (χ0n) is 9.57. The Balaban J connectivity index is 2.09. The maximum Gasteiger partial charge on any atom is 0.214 e. The Kier molecular flexibility index (Phi) is 3.09. The van der Waals surface area contributed by atoms with Crippen molar-refractivity contribution in [1.29, 1.82) is 0 Å². The highest BCUT2D eigenvalue weighted by Crippen LogP contribution is 2.33. The first kappa shape index (κ1) is 12.1. The zero-order chi connectivity index (χ0) is 12.7. The standard InChI is InChI=1S/C14H9BrOS2/c1-8-6-10(15)14(17-8)13(16)12-7-9-4-2-3-5-11(9)18-12/h2-7H,1H3. The number of halogens is 1. The number of thiophene rings is 2. The first-order valence-corrected chi connectivity index (χ1v) is 7.87. The molecule has 0 saturated carbocycles. The fraction of sp³-hybridized carbons (Fsp3) is 0.0714. The normalized spacial score (nSPS) is 11.0. The Bertz CT molecular complexity index is 706. The molecule has 0 saturated heterocycles. The molecule has 1 nitrogen and oxygen atoms in total. The van der Waals surface area contributed by atoms with Crippen LogP contribution in [0.3, 0.4) is 0 Å². The largest absolute Gasteiger partial charge is 0.287 e. The highest BCUT2D eigenvalue weighted by atomic mass is 79.9. The number of hydrogen-bond acceptors (Lipinski definition) is 3. The van der Waals surface area contributed by atoms with E-state index in [1.165, 1.54) is 11.3 Å². The molecule has 0 spiro atoms. The Morgan fingerprint density at radius 2 is 1.94 bits per heavy atom. The molecule has 0 amide bonds. The van der Waals surface area contributed by atoms with Gasteiger partial charge in [-0.3, -0.25) is 4.79 Å². The van der Waals surface area contributed by atoms with Crippen LogP contribution in [-0.2, 0) is 0 Å². The van der Waals surface area contributed by atoms with Crippen molar-refractivity contribution in [2.75, 3.05) is 0 Å². The number of carbonyl (C=O) groups is 1. The number of ketones is 1. The first-order valence-electron chi connectivity index (χ1n) is 5.44. The van der Waals surface area contributed by atoms with E-state index >= 15 is 0 Å². The number of hydrogen-bond donors (Lipinski definition) is 0. The van der Waals surface area contributed by atoms with Gasteiger partial charge in [0.15, 0.2) is 0 Å². The summed E-state index contributed by atoms with van der Waals surface area (Å²) >= 11 is 6.54. The molecule has 3 rings (SSSR count). The predicted octanol–water partition coefficient (Wildman–Crippen LogP) is 5.26. The van der Waals surface area contributed by atoms with E-state index in [-0.39, 0.29) is 5.78 Å². The summed E-state index contributed by atoms with van der Waals surface area (Å²) in [7, 11) is 0.